The number of rotatable bonds is 3. The van der Waals surface area contributed by atoms with Crippen molar-refractivity contribution in [3.05, 3.63) is 10.6 Å². The van der Waals surface area contributed by atoms with Gasteiger partial charge in [0, 0.05) is 26.2 Å². The molecule has 0 spiro atoms. The largest absolute Gasteiger partial charge is 0.395 e. The lowest BCUT2D eigenvalue weighted by atomic mass is 10.3. The highest BCUT2D eigenvalue weighted by molar-refractivity contribution is 7.07. The SMILES string of the molecule is Cc1nnsc1C(=O)N1CCCN(CCO)CC1. The number of aliphatic hydroxyl groups excluding tert-OH is 1. The Kier molecular flexibility index (Phi) is 4.62. The van der Waals surface area contributed by atoms with Gasteiger partial charge in [0.1, 0.15) is 4.88 Å². The lowest BCUT2D eigenvalue weighted by molar-refractivity contribution is 0.0764. The fraction of sp³-hybridized carbons (Fsp3) is 0.727. The summed E-state index contributed by atoms with van der Waals surface area (Å²) in [6.07, 6.45) is 0.941. The molecule has 0 aliphatic carbocycles. The van der Waals surface area contributed by atoms with Gasteiger partial charge >= 0.3 is 0 Å². The summed E-state index contributed by atoms with van der Waals surface area (Å²) < 4.78 is 3.81. The Morgan fingerprint density at radius 1 is 1.39 bits per heavy atom. The molecule has 1 aliphatic rings. The first kappa shape index (κ1) is 13.4. The van der Waals surface area contributed by atoms with Crippen molar-refractivity contribution in [1.29, 1.82) is 0 Å². The third-order valence-electron chi connectivity index (χ3n) is 3.14. The molecule has 7 heteroatoms. The monoisotopic (exact) mass is 270 g/mol. The van der Waals surface area contributed by atoms with Crippen LogP contribution < -0.4 is 0 Å². The van der Waals surface area contributed by atoms with Crippen molar-refractivity contribution in [2.45, 2.75) is 13.3 Å². The number of aliphatic hydroxyl groups is 1. The summed E-state index contributed by atoms with van der Waals surface area (Å²) in [7, 11) is 0. The molecule has 0 aromatic carbocycles. The Balaban J connectivity index is 1.98. The van der Waals surface area contributed by atoms with E-state index in [0.29, 0.717) is 23.7 Å². The fourth-order valence-electron chi connectivity index (χ4n) is 2.11. The number of carbonyl (C=O) groups excluding carboxylic acids is 1. The maximum Gasteiger partial charge on any atom is 0.267 e. The first-order valence-electron chi connectivity index (χ1n) is 6.14. The number of aromatic nitrogens is 2. The summed E-state index contributed by atoms with van der Waals surface area (Å²) in [6.45, 7) is 5.89. The summed E-state index contributed by atoms with van der Waals surface area (Å²) in [6, 6.07) is 0. The Bertz CT molecular complexity index is 410. The maximum atomic E-state index is 12.3. The molecule has 18 heavy (non-hydrogen) atoms. The minimum absolute atomic E-state index is 0.0355. The molecular weight excluding hydrogens is 252 g/mol. The van der Waals surface area contributed by atoms with Crippen molar-refractivity contribution in [2.75, 3.05) is 39.3 Å². The molecule has 1 fully saturated rings. The van der Waals surface area contributed by atoms with Gasteiger partial charge in [-0.15, -0.1) is 5.10 Å². The van der Waals surface area contributed by atoms with Crippen LogP contribution in [0.2, 0.25) is 0 Å². The Morgan fingerprint density at radius 2 is 2.22 bits per heavy atom. The van der Waals surface area contributed by atoms with Gasteiger partial charge in [0.15, 0.2) is 0 Å². The first-order chi connectivity index (χ1) is 8.72. The van der Waals surface area contributed by atoms with Crippen molar-refractivity contribution >= 4 is 17.4 Å². The number of aryl methyl sites for hydroxylation is 1. The van der Waals surface area contributed by atoms with E-state index in [-0.39, 0.29) is 12.5 Å². The lowest BCUT2D eigenvalue weighted by Gasteiger charge is -2.20. The highest BCUT2D eigenvalue weighted by atomic mass is 32.1. The van der Waals surface area contributed by atoms with Crippen LogP contribution >= 0.6 is 11.5 Å². The third kappa shape index (κ3) is 3.04. The zero-order valence-electron chi connectivity index (χ0n) is 10.5. The van der Waals surface area contributed by atoms with Crippen molar-refractivity contribution in [3.63, 3.8) is 0 Å². The second-order valence-electron chi connectivity index (χ2n) is 4.40. The maximum absolute atomic E-state index is 12.3. The van der Waals surface area contributed by atoms with Gasteiger partial charge in [-0.1, -0.05) is 4.49 Å². The molecule has 0 unspecified atom stereocenters. The second kappa shape index (κ2) is 6.21. The minimum atomic E-state index is 0.0355. The van der Waals surface area contributed by atoms with E-state index in [1.807, 2.05) is 11.8 Å². The van der Waals surface area contributed by atoms with Crippen molar-refractivity contribution in [1.82, 2.24) is 19.4 Å². The van der Waals surface area contributed by atoms with Gasteiger partial charge in [-0.05, 0) is 31.4 Å². The van der Waals surface area contributed by atoms with Crippen LogP contribution in [0.15, 0.2) is 0 Å². The van der Waals surface area contributed by atoms with Crippen LogP contribution in [0.5, 0.6) is 0 Å². The van der Waals surface area contributed by atoms with Crippen LogP contribution in [0.4, 0.5) is 0 Å². The van der Waals surface area contributed by atoms with Crippen LogP contribution in [-0.4, -0.2) is 69.7 Å². The van der Waals surface area contributed by atoms with Gasteiger partial charge < -0.3 is 10.0 Å². The van der Waals surface area contributed by atoms with Gasteiger partial charge in [-0.3, -0.25) is 9.69 Å². The van der Waals surface area contributed by atoms with E-state index in [1.54, 1.807) is 0 Å². The smallest absolute Gasteiger partial charge is 0.267 e. The molecule has 2 rings (SSSR count). The van der Waals surface area contributed by atoms with E-state index >= 15 is 0 Å². The molecule has 0 radical (unpaired) electrons. The molecule has 0 saturated carbocycles. The molecule has 0 atom stereocenters. The number of carbonyl (C=O) groups is 1. The van der Waals surface area contributed by atoms with E-state index in [4.69, 9.17) is 5.11 Å². The highest BCUT2D eigenvalue weighted by Gasteiger charge is 2.23. The summed E-state index contributed by atoms with van der Waals surface area (Å²) in [5.74, 6) is 0.0355. The van der Waals surface area contributed by atoms with E-state index in [2.05, 4.69) is 14.5 Å². The highest BCUT2D eigenvalue weighted by Crippen LogP contribution is 2.14. The van der Waals surface area contributed by atoms with Crippen LogP contribution in [0.1, 0.15) is 21.8 Å². The molecule has 1 aromatic heterocycles. The van der Waals surface area contributed by atoms with Gasteiger partial charge in [-0.2, -0.15) is 0 Å². The van der Waals surface area contributed by atoms with Gasteiger partial charge in [0.2, 0.25) is 0 Å². The van der Waals surface area contributed by atoms with Gasteiger partial charge in [-0.25, -0.2) is 0 Å². The Morgan fingerprint density at radius 3 is 2.89 bits per heavy atom. The van der Waals surface area contributed by atoms with Crippen molar-refractivity contribution in [2.24, 2.45) is 0 Å². The summed E-state index contributed by atoms with van der Waals surface area (Å²) in [5.41, 5.74) is 0.710. The van der Waals surface area contributed by atoms with E-state index in [0.717, 1.165) is 37.6 Å². The normalized spacial score (nSPS) is 17.8. The predicted octanol–water partition coefficient (Wildman–Crippen LogP) is -0.0133. The summed E-state index contributed by atoms with van der Waals surface area (Å²) in [4.78, 5) is 17.0. The fourth-order valence-corrected chi connectivity index (χ4v) is 2.74. The van der Waals surface area contributed by atoms with Crippen LogP contribution in [0, 0.1) is 6.92 Å². The van der Waals surface area contributed by atoms with Crippen LogP contribution in [0.25, 0.3) is 0 Å². The number of nitrogens with zero attached hydrogens (tertiary/aromatic N) is 4. The standard InChI is InChI=1S/C11H18N4O2S/c1-9-10(18-13-12-9)11(17)15-4-2-3-14(5-6-15)7-8-16/h16H,2-8H2,1H3. The van der Waals surface area contributed by atoms with E-state index < -0.39 is 0 Å². The molecule has 1 N–H and O–H groups in total. The molecule has 6 nitrogen and oxygen atoms in total. The second-order valence-corrected chi connectivity index (χ2v) is 5.15. The quantitative estimate of drug-likeness (QED) is 0.836. The number of hydrogen-bond donors (Lipinski definition) is 1. The number of amides is 1. The number of β-amino-alcohol motifs (C(OH)–C–C–N with tert-alkyl or cyclic N) is 1. The van der Waals surface area contributed by atoms with Crippen molar-refractivity contribution in [3.8, 4) is 0 Å². The van der Waals surface area contributed by atoms with E-state index in [9.17, 15) is 4.79 Å². The molecule has 1 aromatic rings. The summed E-state index contributed by atoms with van der Waals surface area (Å²) in [5, 5.41) is 12.8. The van der Waals surface area contributed by atoms with Crippen LogP contribution in [-0.2, 0) is 0 Å². The summed E-state index contributed by atoms with van der Waals surface area (Å²) >= 11 is 1.16. The topological polar surface area (TPSA) is 69.6 Å². The van der Waals surface area contributed by atoms with Crippen molar-refractivity contribution < 1.29 is 9.90 Å². The van der Waals surface area contributed by atoms with Crippen LogP contribution in [0.3, 0.4) is 0 Å². The molecule has 1 amide bonds. The lowest BCUT2D eigenvalue weighted by Crippen LogP contribution is -2.35. The Labute approximate surface area is 110 Å². The average molecular weight is 270 g/mol. The van der Waals surface area contributed by atoms with E-state index in [1.165, 1.54) is 0 Å². The molecule has 100 valence electrons. The zero-order valence-corrected chi connectivity index (χ0v) is 11.3. The molecule has 1 saturated heterocycles. The molecule has 0 bridgehead atoms. The number of hydrogen-bond acceptors (Lipinski definition) is 6. The molecular formula is C11H18N4O2S. The average Bonchev–Trinajstić information content (AvgIpc) is 2.64. The zero-order chi connectivity index (χ0) is 13.0. The van der Waals surface area contributed by atoms with Gasteiger partial charge in [0.25, 0.3) is 5.91 Å². The first-order valence-corrected chi connectivity index (χ1v) is 6.91. The molecule has 1 aliphatic heterocycles. The Hall–Kier alpha value is -1.05. The minimum Gasteiger partial charge on any atom is -0.395 e. The van der Waals surface area contributed by atoms with Gasteiger partial charge in [0.05, 0.1) is 12.3 Å². The third-order valence-corrected chi connectivity index (χ3v) is 3.95. The predicted molar refractivity (Wildman–Crippen MR) is 68.7 cm³/mol. The molecule has 2 heterocycles.